The lowest BCUT2D eigenvalue weighted by Gasteiger charge is -2.30. The number of ether oxygens (including phenoxy) is 1. The molecule has 0 bridgehead atoms. The SMILES string of the molecule is COc1c(C2(CN)CCCC2)ccc(S(C)(=O)=O)c1F. The third-order valence-electron chi connectivity index (χ3n) is 4.19. The quantitative estimate of drug-likeness (QED) is 0.923. The van der Waals surface area contributed by atoms with Gasteiger partial charge in [-0.25, -0.2) is 12.8 Å². The molecule has 1 aliphatic carbocycles. The smallest absolute Gasteiger partial charge is 0.183 e. The van der Waals surface area contributed by atoms with E-state index in [-0.39, 0.29) is 16.1 Å². The van der Waals surface area contributed by atoms with Crippen molar-refractivity contribution >= 4 is 9.84 Å². The monoisotopic (exact) mass is 301 g/mol. The summed E-state index contributed by atoms with van der Waals surface area (Å²) >= 11 is 0. The lowest BCUT2D eigenvalue weighted by Crippen LogP contribution is -2.32. The maximum Gasteiger partial charge on any atom is 0.183 e. The maximum absolute atomic E-state index is 14.4. The van der Waals surface area contributed by atoms with Crippen LogP contribution in [0.1, 0.15) is 31.2 Å². The molecule has 112 valence electrons. The van der Waals surface area contributed by atoms with E-state index in [0.717, 1.165) is 31.9 Å². The molecular formula is C14H20FNO3S. The standard InChI is InChI=1S/C14H20FNO3S/c1-19-13-10(14(9-16)7-3-4-8-14)5-6-11(12(13)15)20(2,17)18/h5-6H,3-4,7-9,16H2,1-2H3. The minimum atomic E-state index is -3.62. The second kappa shape index (κ2) is 5.33. The first kappa shape index (κ1) is 15.3. The molecule has 0 aromatic heterocycles. The summed E-state index contributed by atoms with van der Waals surface area (Å²) in [5.41, 5.74) is 6.28. The normalized spacial score (nSPS) is 18.2. The largest absolute Gasteiger partial charge is 0.493 e. The Bertz CT molecular complexity index is 607. The van der Waals surface area contributed by atoms with Crippen LogP contribution in [-0.4, -0.2) is 28.3 Å². The van der Waals surface area contributed by atoms with Crippen LogP contribution in [0.15, 0.2) is 17.0 Å². The zero-order valence-electron chi connectivity index (χ0n) is 11.8. The molecule has 1 fully saturated rings. The van der Waals surface area contributed by atoms with E-state index in [4.69, 9.17) is 10.5 Å². The number of methoxy groups -OCH3 is 1. The van der Waals surface area contributed by atoms with Gasteiger partial charge in [0.1, 0.15) is 4.90 Å². The Morgan fingerprint density at radius 1 is 1.35 bits per heavy atom. The average Bonchev–Trinajstić information content (AvgIpc) is 2.86. The Morgan fingerprint density at radius 3 is 2.40 bits per heavy atom. The first-order valence-electron chi connectivity index (χ1n) is 6.63. The third-order valence-corrected chi connectivity index (χ3v) is 5.30. The van der Waals surface area contributed by atoms with Crippen LogP contribution in [0.5, 0.6) is 5.75 Å². The first-order valence-corrected chi connectivity index (χ1v) is 8.52. The van der Waals surface area contributed by atoms with Gasteiger partial charge < -0.3 is 10.5 Å². The molecular weight excluding hydrogens is 281 g/mol. The summed E-state index contributed by atoms with van der Waals surface area (Å²) < 4.78 is 42.8. The van der Waals surface area contributed by atoms with Gasteiger partial charge in [0.2, 0.25) is 0 Å². The molecule has 0 aliphatic heterocycles. The molecule has 20 heavy (non-hydrogen) atoms. The Labute approximate surface area is 119 Å². The van der Waals surface area contributed by atoms with Gasteiger partial charge in [0.05, 0.1) is 7.11 Å². The second-order valence-electron chi connectivity index (χ2n) is 5.42. The van der Waals surface area contributed by atoms with Crippen molar-refractivity contribution in [2.75, 3.05) is 19.9 Å². The van der Waals surface area contributed by atoms with E-state index in [1.165, 1.54) is 13.2 Å². The predicted octanol–water partition coefficient (Wildman–Crippen LogP) is 2.01. The van der Waals surface area contributed by atoms with Gasteiger partial charge in [-0.15, -0.1) is 0 Å². The molecule has 0 amide bonds. The lowest BCUT2D eigenvalue weighted by molar-refractivity contribution is 0.351. The van der Waals surface area contributed by atoms with Crippen molar-refractivity contribution < 1.29 is 17.5 Å². The molecule has 0 saturated heterocycles. The van der Waals surface area contributed by atoms with Crippen LogP contribution in [0.4, 0.5) is 4.39 Å². The molecule has 2 rings (SSSR count). The summed E-state index contributed by atoms with van der Waals surface area (Å²) in [5.74, 6) is -0.799. The molecule has 1 saturated carbocycles. The summed E-state index contributed by atoms with van der Waals surface area (Å²) in [5, 5.41) is 0. The third kappa shape index (κ3) is 2.42. The van der Waals surface area contributed by atoms with E-state index in [2.05, 4.69) is 0 Å². The topological polar surface area (TPSA) is 69.4 Å². The lowest BCUT2D eigenvalue weighted by atomic mass is 9.78. The fourth-order valence-corrected chi connectivity index (χ4v) is 3.81. The van der Waals surface area contributed by atoms with Crippen LogP contribution in [0, 0.1) is 5.82 Å². The van der Waals surface area contributed by atoms with Crippen molar-refractivity contribution in [2.45, 2.75) is 36.0 Å². The number of benzene rings is 1. The average molecular weight is 301 g/mol. The minimum Gasteiger partial charge on any atom is -0.493 e. The fraction of sp³-hybridized carbons (Fsp3) is 0.571. The Morgan fingerprint density at radius 2 is 1.95 bits per heavy atom. The Kier molecular flexibility index (Phi) is 4.07. The summed E-state index contributed by atoms with van der Waals surface area (Å²) in [4.78, 5) is -0.330. The Balaban J connectivity index is 2.64. The van der Waals surface area contributed by atoms with Gasteiger partial charge in [-0.3, -0.25) is 0 Å². The second-order valence-corrected chi connectivity index (χ2v) is 7.41. The van der Waals surface area contributed by atoms with Gasteiger partial charge in [-0.05, 0) is 18.9 Å². The van der Waals surface area contributed by atoms with E-state index >= 15 is 0 Å². The Hall–Kier alpha value is -1.14. The van der Waals surface area contributed by atoms with Gasteiger partial charge in [-0.2, -0.15) is 0 Å². The zero-order valence-corrected chi connectivity index (χ0v) is 12.6. The van der Waals surface area contributed by atoms with Crippen molar-refractivity contribution in [1.29, 1.82) is 0 Å². The highest BCUT2D eigenvalue weighted by Gasteiger charge is 2.38. The molecule has 2 N–H and O–H groups in total. The number of nitrogens with two attached hydrogens (primary N) is 1. The molecule has 1 aliphatic rings. The number of halogens is 1. The number of hydrogen-bond acceptors (Lipinski definition) is 4. The highest BCUT2D eigenvalue weighted by atomic mass is 32.2. The van der Waals surface area contributed by atoms with Crippen molar-refractivity contribution in [1.82, 2.24) is 0 Å². The van der Waals surface area contributed by atoms with Gasteiger partial charge in [0, 0.05) is 23.8 Å². The fourth-order valence-electron chi connectivity index (χ4n) is 3.08. The van der Waals surface area contributed by atoms with Gasteiger partial charge in [0.25, 0.3) is 0 Å². The van der Waals surface area contributed by atoms with Crippen LogP contribution in [0.25, 0.3) is 0 Å². The van der Waals surface area contributed by atoms with E-state index in [1.54, 1.807) is 6.07 Å². The molecule has 6 heteroatoms. The van der Waals surface area contributed by atoms with Crippen LogP contribution < -0.4 is 10.5 Å². The zero-order chi connectivity index (χ0) is 15.0. The van der Waals surface area contributed by atoms with Crippen molar-refractivity contribution in [3.63, 3.8) is 0 Å². The summed E-state index contributed by atoms with van der Waals surface area (Å²) in [7, 11) is -2.26. The van der Waals surface area contributed by atoms with E-state index in [9.17, 15) is 12.8 Å². The number of sulfone groups is 1. The van der Waals surface area contributed by atoms with Crippen LogP contribution in [-0.2, 0) is 15.3 Å². The van der Waals surface area contributed by atoms with Crippen LogP contribution >= 0.6 is 0 Å². The summed E-state index contributed by atoms with van der Waals surface area (Å²) in [6.45, 7) is 0.404. The molecule has 1 aromatic carbocycles. The van der Waals surface area contributed by atoms with E-state index in [0.29, 0.717) is 12.1 Å². The van der Waals surface area contributed by atoms with E-state index in [1.807, 2.05) is 0 Å². The van der Waals surface area contributed by atoms with Crippen molar-refractivity contribution in [3.05, 3.63) is 23.5 Å². The van der Waals surface area contributed by atoms with Crippen LogP contribution in [0.3, 0.4) is 0 Å². The highest BCUT2D eigenvalue weighted by Crippen LogP contribution is 2.45. The molecule has 0 spiro atoms. The van der Waals surface area contributed by atoms with Gasteiger partial charge in [0.15, 0.2) is 21.4 Å². The molecule has 0 atom stereocenters. The van der Waals surface area contributed by atoms with Gasteiger partial charge >= 0.3 is 0 Å². The van der Waals surface area contributed by atoms with Crippen molar-refractivity contribution in [3.8, 4) is 5.75 Å². The summed E-state index contributed by atoms with van der Waals surface area (Å²) in [6, 6.07) is 2.97. The predicted molar refractivity (Wildman–Crippen MR) is 75.3 cm³/mol. The molecule has 4 nitrogen and oxygen atoms in total. The minimum absolute atomic E-state index is 0.0141. The summed E-state index contributed by atoms with van der Waals surface area (Å²) in [6.07, 6.45) is 4.81. The molecule has 0 unspecified atom stereocenters. The van der Waals surface area contributed by atoms with Gasteiger partial charge in [-0.1, -0.05) is 18.9 Å². The maximum atomic E-state index is 14.4. The molecule has 1 aromatic rings. The van der Waals surface area contributed by atoms with E-state index < -0.39 is 15.7 Å². The number of hydrogen-bond donors (Lipinski definition) is 1. The molecule has 0 heterocycles. The van der Waals surface area contributed by atoms with Crippen molar-refractivity contribution in [2.24, 2.45) is 5.73 Å². The number of rotatable bonds is 4. The van der Waals surface area contributed by atoms with Crippen LogP contribution in [0.2, 0.25) is 0 Å². The highest BCUT2D eigenvalue weighted by molar-refractivity contribution is 7.90. The first-order chi connectivity index (χ1) is 9.35. The molecule has 0 radical (unpaired) electrons.